The van der Waals surface area contributed by atoms with Crippen molar-refractivity contribution in [1.29, 1.82) is 0 Å². The third-order valence-electron chi connectivity index (χ3n) is 5.12. The summed E-state index contributed by atoms with van der Waals surface area (Å²) in [5, 5.41) is 5.17. The molecule has 0 spiro atoms. The maximum atomic E-state index is 12.4. The molecule has 0 aliphatic heterocycles. The van der Waals surface area contributed by atoms with E-state index in [1.165, 1.54) is 24.2 Å². The standard InChI is InChI=1S/C23H21N3O3/c1-25-22(27)14-10-11-20(24)21(12-14)26-23(28)29-13-19-17-8-4-2-6-15(17)16-7-3-5-9-18(16)19/h2-12,19H,13,24H2,1H3,(H,25,27)(H,26,28). The van der Waals surface area contributed by atoms with Gasteiger partial charge in [0, 0.05) is 18.5 Å². The minimum absolute atomic E-state index is 0.0253. The van der Waals surface area contributed by atoms with Crippen molar-refractivity contribution in [3.8, 4) is 11.1 Å². The molecule has 0 aromatic heterocycles. The Morgan fingerprint density at radius 3 is 2.21 bits per heavy atom. The number of hydrogen-bond donors (Lipinski definition) is 3. The molecule has 1 aliphatic rings. The van der Waals surface area contributed by atoms with E-state index in [2.05, 4.69) is 34.9 Å². The fraction of sp³-hybridized carbons (Fsp3) is 0.130. The van der Waals surface area contributed by atoms with Gasteiger partial charge in [0.25, 0.3) is 5.91 Å². The van der Waals surface area contributed by atoms with Crippen LogP contribution >= 0.6 is 0 Å². The van der Waals surface area contributed by atoms with Gasteiger partial charge in [-0.25, -0.2) is 4.79 Å². The number of nitrogen functional groups attached to an aromatic ring is 1. The summed E-state index contributed by atoms with van der Waals surface area (Å²) in [6.45, 7) is 0.203. The van der Waals surface area contributed by atoms with Crippen LogP contribution in [0.1, 0.15) is 27.4 Å². The zero-order chi connectivity index (χ0) is 20.4. The largest absolute Gasteiger partial charge is 0.448 e. The van der Waals surface area contributed by atoms with Gasteiger partial charge in [-0.1, -0.05) is 48.5 Å². The van der Waals surface area contributed by atoms with Crippen molar-refractivity contribution in [2.75, 3.05) is 24.7 Å². The molecule has 4 N–H and O–H groups in total. The molecule has 0 unspecified atom stereocenters. The summed E-state index contributed by atoms with van der Waals surface area (Å²) >= 11 is 0. The van der Waals surface area contributed by atoms with E-state index in [1.807, 2.05) is 24.3 Å². The molecule has 4 rings (SSSR count). The monoisotopic (exact) mass is 387 g/mol. The number of nitrogens with one attached hydrogen (secondary N) is 2. The van der Waals surface area contributed by atoms with E-state index in [4.69, 9.17) is 10.5 Å². The molecule has 0 saturated heterocycles. The lowest BCUT2D eigenvalue weighted by Gasteiger charge is -2.15. The van der Waals surface area contributed by atoms with E-state index in [0.29, 0.717) is 16.9 Å². The Kier molecular flexibility index (Phi) is 4.91. The Bertz CT molecular complexity index is 1050. The smallest absolute Gasteiger partial charge is 0.411 e. The van der Waals surface area contributed by atoms with Crippen LogP contribution in [0, 0.1) is 0 Å². The normalized spacial score (nSPS) is 12.0. The topological polar surface area (TPSA) is 93.5 Å². The first-order valence-corrected chi connectivity index (χ1v) is 9.32. The average molecular weight is 387 g/mol. The molecule has 146 valence electrons. The van der Waals surface area contributed by atoms with Gasteiger partial charge in [0.1, 0.15) is 6.61 Å². The van der Waals surface area contributed by atoms with Crippen LogP contribution in [0.5, 0.6) is 0 Å². The Labute approximate surface area is 168 Å². The van der Waals surface area contributed by atoms with E-state index < -0.39 is 6.09 Å². The highest BCUT2D eigenvalue weighted by Crippen LogP contribution is 2.44. The van der Waals surface area contributed by atoms with Crippen LogP contribution in [0.15, 0.2) is 66.7 Å². The van der Waals surface area contributed by atoms with Crippen molar-refractivity contribution in [2.45, 2.75) is 5.92 Å². The highest BCUT2D eigenvalue weighted by molar-refractivity contribution is 5.98. The summed E-state index contributed by atoms with van der Waals surface area (Å²) in [6, 6.07) is 21.0. The van der Waals surface area contributed by atoms with Crippen molar-refractivity contribution < 1.29 is 14.3 Å². The van der Waals surface area contributed by atoms with Crippen LogP contribution in [0.3, 0.4) is 0 Å². The Balaban J connectivity index is 1.49. The van der Waals surface area contributed by atoms with Crippen LogP contribution in [-0.2, 0) is 4.74 Å². The van der Waals surface area contributed by atoms with Gasteiger partial charge in [-0.05, 0) is 40.5 Å². The summed E-state index contributed by atoms with van der Waals surface area (Å²) < 4.78 is 5.52. The molecule has 0 bridgehead atoms. The zero-order valence-corrected chi connectivity index (χ0v) is 15.9. The van der Waals surface area contributed by atoms with Crippen molar-refractivity contribution >= 4 is 23.4 Å². The fourth-order valence-electron chi connectivity index (χ4n) is 3.69. The molecule has 0 heterocycles. The lowest BCUT2D eigenvalue weighted by molar-refractivity contribution is 0.0963. The second-order valence-corrected chi connectivity index (χ2v) is 6.83. The van der Waals surface area contributed by atoms with Crippen molar-refractivity contribution in [3.05, 3.63) is 83.4 Å². The zero-order valence-electron chi connectivity index (χ0n) is 15.9. The summed E-state index contributed by atoms with van der Waals surface area (Å²) in [6.07, 6.45) is -0.618. The van der Waals surface area contributed by atoms with Crippen LogP contribution in [0.4, 0.5) is 16.2 Å². The van der Waals surface area contributed by atoms with Crippen LogP contribution in [-0.4, -0.2) is 25.7 Å². The molecule has 6 heteroatoms. The van der Waals surface area contributed by atoms with Crippen LogP contribution in [0.2, 0.25) is 0 Å². The predicted molar refractivity (Wildman–Crippen MR) is 113 cm³/mol. The SMILES string of the molecule is CNC(=O)c1ccc(N)c(NC(=O)OCC2c3ccccc3-c3ccccc32)c1. The number of nitrogens with two attached hydrogens (primary N) is 1. The van der Waals surface area contributed by atoms with Crippen LogP contribution in [0.25, 0.3) is 11.1 Å². The summed E-state index contributed by atoms with van der Waals surface area (Å²) in [5.74, 6) is -0.289. The molecule has 3 aromatic carbocycles. The van der Waals surface area contributed by atoms with Gasteiger partial charge in [-0.2, -0.15) is 0 Å². The summed E-state index contributed by atoms with van der Waals surface area (Å²) in [5.41, 5.74) is 11.6. The number of carbonyl (C=O) groups is 2. The number of benzene rings is 3. The second kappa shape index (κ2) is 7.67. The molecule has 3 aromatic rings. The Morgan fingerprint density at radius 2 is 1.59 bits per heavy atom. The number of hydrogen-bond acceptors (Lipinski definition) is 4. The van der Waals surface area contributed by atoms with E-state index in [-0.39, 0.29) is 18.4 Å². The van der Waals surface area contributed by atoms with Crippen molar-refractivity contribution in [1.82, 2.24) is 5.32 Å². The first-order chi connectivity index (χ1) is 14.1. The molecule has 1 aliphatic carbocycles. The predicted octanol–water partition coefficient (Wildman–Crippen LogP) is 3.99. The minimum atomic E-state index is -0.618. The van der Waals surface area contributed by atoms with Gasteiger partial charge in [0.2, 0.25) is 0 Å². The maximum Gasteiger partial charge on any atom is 0.411 e. The molecule has 0 fully saturated rings. The van der Waals surface area contributed by atoms with Gasteiger partial charge in [0.05, 0.1) is 11.4 Å². The summed E-state index contributed by atoms with van der Waals surface area (Å²) in [7, 11) is 1.54. The molecule has 0 radical (unpaired) electrons. The fourth-order valence-corrected chi connectivity index (χ4v) is 3.69. The molecular formula is C23H21N3O3. The van der Waals surface area contributed by atoms with Gasteiger partial charge in [-0.3, -0.25) is 10.1 Å². The molecule has 0 atom stereocenters. The number of rotatable bonds is 4. The van der Waals surface area contributed by atoms with E-state index >= 15 is 0 Å². The molecule has 2 amide bonds. The maximum absolute atomic E-state index is 12.4. The minimum Gasteiger partial charge on any atom is -0.448 e. The van der Waals surface area contributed by atoms with E-state index in [9.17, 15) is 9.59 Å². The third kappa shape index (κ3) is 3.52. The molecule has 6 nitrogen and oxygen atoms in total. The highest BCUT2D eigenvalue weighted by Gasteiger charge is 2.29. The highest BCUT2D eigenvalue weighted by atomic mass is 16.5. The average Bonchev–Trinajstić information content (AvgIpc) is 3.07. The number of ether oxygens (including phenoxy) is 1. The number of anilines is 2. The number of amides is 2. The van der Waals surface area contributed by atoms with Crippen LogP contribution < -0.4 is 16.4 Å². The second-order valence-electron chi connectivity index (χ2n) is 6.83. The van der Waals surface area contributed by atoms with Crippen molar-refractivity contribution in [2.24, 2.45) is 0 Å². The molecule has 29 heavy (non-hydrogen) atoms. The number of carbonyl (C=O) groups excluding carboxylic acids is 2. The Morgan fingerprint density at radius 1 is 0.966 bits per heavy atom. The van der Waals surface area contributed by atoms with Gasteiger partial charge < -0.3 is 15.8 Å². The van der Waals surface area contributed by atoms with Gasteiger partial charge in [-0.15, -0.1) is 0 Å². The number of fused-ring (bicyclic) bond motifs is 3. The lowest BCUT2D eigenvalue weighted by atomic mass is 9.98. The molecule has 0 saturated carbocycles. The lowest BCUT2D eigenvalue weighted by Crippen LogP contribution is -2.20. The summed E-state index contributed by atoms with van der Waals surface area (Å²) in [4.78, 5) is 24.2. The third-order valence-corrected chi connectivity index (χ3v) is 5.12. The van der Waals surface area contributed by atoms with E-state index in [1.54, 1.807) is 12.1 Å². The van der Waals surface area contributed by atoms with E-state index in [0.717, 1.165) is 11.1 Å². The first-order valence-electron chi connectivity index (χ1n) is 9.32. The Hall–Kier alpha value is -3.80. The molecular weight excluding hydrogens is 366 g/mol. The quantitative estimate of drug-likeness (QED) is 0.590. The van der Waals surface area contributed by atoms with Gasteiger partial charge >= 0.3 is 6.09 Å². The first kappa shape index (κ1) is 18.6. The van der Waals surface area contributed by atoms with Crippen molar-refractivity contribution in [3.63, 3.8) is 0 Å². The van der Waals surface area contributed by atoms with Gasteiger partial charge in [0.15, 0.2) is 0 Å².